The van der Waals surface area contributed by atoms with Crippen molar-refractivity contribution in [2.75, 3.05) is 5.32 Å². The minimum absolute atomic E-state index is 0.0546. The number of benzene rings is 2. The van der Waals surface area contributed by atoms with E-state index in [1.807, 2.05) is 0 Å². The highest BCUT2D eigenvalue weighted by molar-refractivity contribution is 7.89. The van der Waals surface area contributed by atoms with Gasteiger partial charge in [0.1, 0.15) is 5.75 Å². The summed E-state index contributed by atoms with van der Waals surface area (Å²) in [6.07, 6.45) is 0. The molecule has 0 aliphatic rings. The number of carbonyl (C=O) groups is 1. The van der Waals surface area contributed by atoms with E-state index >= 15 is 0 Å². The number of sulfonamides is 1. The molecule has 7 heteroatoms. The zero-order valence-electron chi connectivity index (χ0n) is 11.2. The average molecular weight is 306 g/mol. The second-order valence-electron chi connectivity index (χ2n) is 4.52. The molecule has 0 spiro atoms. The topological polar surface area (TPSA) is 109 Å². The Morgan fingerprint density at radius 3 is 2.33 bits per heavy atom. The van der Waals surface area contributed by atoms with Gasteiger partial charge < -0.3 is 10.4 Å². The molecule has 0 radical (unpaired) electrons. The van der Waals surface area contributed by atoms with Crippen LogP contribution in [0.15, 0.2) is 47.4 Å². The first kappa shape index (κ1) is 15.0. The van der Waals surface area contributed by atoms with Crippen LogP contribution < -0.4 is 10.5 Å². The number of nitrogens with one attached hydrogen (secondary N) is 1. The molecule has 6 nitrogen and oxygen atoms in total. The van der Waals surface area contributed by atoms with E-state index in [4.69, 9.17) is 5.14 Å². The van der Waals surface area contributed by atoms with E-state index in [9.17, 15) is 18.3 Å². The molecule has 0 bridgehead atoms. The summed E-state index contributed by atoms with van der Waals surface area (Å²) in [7, 11) is -3.83. The summed E-state index contributed by atoms with van der Waals surface area (Å²) < 4.78 is 22.7. The molecule has 2 aromatic carbocycles. The molecule has 0 saturated carbocycles. The van der Waals surface area contributed by atoms with Gasteiger partial charge in [-0.2, -0.15) is 0 Å². The van der Waals surface area contributed by atoms with Gasteiger partial charge in [0.05, 0.1) is 4.90 Å². The Labute approximate surface area is 122 Å². The summed E-state index contributed by atoms with van der Waals surface area (Å²) in [5, 5.41) is 16.9. The van der Waals surface area contributed by atoms with E-state index in [0.29, 0.717) is 16.8 Å². The van der Waals surface area contributed by atoms with Gasteiger partial charge in [-0.15, -0.1) is 0 Å². The Bertz CT molecular complexity index is 783. The molecule has 0 aliphatic carbocycles. The maximum absolute atomic E-state index is 12.1. The van der Waals surface area contributed by atoms with Crippen LogP contribution in [0.2, 0.25) is 0 Å². The van der Waals surface area contributed by atoms with Gasteiger partial charge >= 0.3 is 0 Å². The van der Waals surface area contributed by atoms with E-state index < -0.39 is 15.9 Å². The van der Waals surface area contributed by atoms with Crippen LogP contribution in [0.1, 0.15) is 15.9 Å². The summed E-state index contributed by atoms with van der Waals surface area (Å²) >= 11 is 0. The third-order valence-electron chi connectivity index (χ3n) is 2.92. The number of nitrogens with two attached hydrogens (primary N) is 1. The standard InChI is InChI=1S/C14H14N2O4S/c1-9-2-7-12(21(15,19)20)8-13(9)16-14(18)10-3-5-11(17)6-4-10/h2-8,17H,1H3,(H,16,18)(H2,15,19,20). The fraction of sp³-hybridized carbons (Fsp3) is 0.0714. The zero-order chi connectivity index (χ0) is 15.6. The van der Waals surface area contributed by atoms with Crippen molar-refractivity contribution < 1.29 is 18.3 Å². The Morgan fingerprint density at radius 1 is 1.14 bits per heavy atom. The highest BCUT2D eigenvalue weighted by Crippen LogP contribution is 2.20. The molecule has 0 aliphatic heterocycles. The SMILES string of the molecule is Cc1ccc(S(N)(=O)=O)cc1NC(=O)c1ccc(O)cc1. The second kappa shape index (κ2) is 5.55. The lowest BCUT2D eigenvalue weighted by Crippen LogP contribution is -2.15. The van der Waals surface area contributed by atoms with Crippen molar-refractivity contribution in [3.05, 3.63) is 53.6 Å². The fourth-order valence-electron chi connectivity index (χ4n) is 1.72. The van der Waals surface area contributed by atoms with Crippen molar-refractivity contribution in [1.82, 2.24) is 0 Å². The molecule has 0 aromatic heterocycles. The minimum atomic E-state index is -3.83. The second-order valence-corrected chi connectivity index (χ2v) is 6.08. The summed E-state index contributed by atoms with van der Waals surface area (Å²) in [5.74, 6) is -0.358. The quantitative estimate of drug-likeness (QED) is 0.800. The van der Waals surface area contributed by atoms with E-state index in [1.165, 1.54) is 36.4 Å². The van der Waals surface area contributed by atoms with E-state index in [0.717, 1.165) is 0 Å². The molecular formula is C14H14N2O4S. The van der Waals surface area contributed by atoms with Crippen LogP contribution in [0.25, 0.3) is 0 Å². The number of primary sulfonamides is 1. The molecule has 0 saturated heterocycles. The minimum Gasteiger partial charge on any atom is -0.508 e. The van der Waals surface area contributed by atoms with Gasteiger partial charge in [0, 0.05) is 11.3 Å². The summed E-state index contributed by atoms with van der Waals surface area (Å²) in [6, 6.07) is 9.95. The number of hydrogen-bond donors (Lipinski definition) is 3. The predicted octanol–water partition coefficient (Wildman–Crippen LogP) is 1.60. The molecule has 1 amide bonds. The first-order valence-electron chi connectivity index (χ1n) is 6.01. The van der Waals surface area contributed by atoms with Crippen LogP contribution in [0, 0.1) is 6.92 Å². The van der Waals surface area contributed by atoms with Crippen LogP contribution in [-0.4, -0.2) is 19.4 Å². The van der Waals surface area contributed by atoms with Gasteiger partial charge in [-0.1, -0.05) is 6.07 Å². The largest absolute Gasteiger partial charge is 0.508 e. The number of amides is 1. The fourth-order valence-corrected chi connectivity index (χ4v) is 2.26. The summed E-state index contributed by atoms with van der Waals surface area (Å²) in [5.41, 5.74) is 1.40. The van der Waals surface area contributed by atoms with Gasteiger partial charge in [-0.25, -0.2) is 13.6 Å². The van der Waals surface area contributed by atoms with Crippen molar-refractivity contribution in [3.8, 4) is 5.75 Å². The lowest BCUT2D eigenvalue weighted by Gasteiger charge is -2.10. The molecule has 0 heterocycles. The van der Waals surface area contributed by atoms with Crippen LogP contribution >= 0.6 is 0 Å². The van der Waals surface area contributed by atoms with Crippen LogP contribution in [0.4, 0.5) is 5.69 Å². The van der Waals surface area contributed by atoms with Crippen molar-refractivity contribution >= 4 is 21.6 Å². The van der Waals surface area contributed by atoms with Gasteiger partial charge in [0.25, 0.3) is 5.91 Å². The van der Waals surface area contributed by atoms with Gasteiger partial charge in [-0.05, 0) is 48.9 Å². The lowest BCUT2D eigenvalue weighted by atomic mass is 10.1. The third-order valence-corrected chi connectivity index (χ3v) is 3.83. The molecule has 2 aromatic rings. The normalized spacial score (nSPS) is 11.1. The Morgan fingerprint density at radius 2 is 1.76 bits per heavy atom. The predicted molar refractivity (Wildman–Crippen MR) is 78.6 cm³/mol. The van der Waals surface area contributed by atoms with E-state index in [-0.39, 0.29) is 10.6 Å². The van der Waals surface area contributed by atoms with Crippen molar-refractivity contribution in [3.63, 3.8) is 0 Å². The highest BCUT2D eigenvalue weighted by atomic mass is 32.2. The number of aryl methyl sites for hydroxylation is 1. The Hall–Kier alpha value is -2.38. The Balaban J connectivity index is 2.31. The molecule has 0 fully saturated rings. The van der Waals surface area contributed by atoms with Gasteiger partial charge in [0.2, 0.25) is 10.0 Å². The number of hydrogen-bond acceptors (Lipinski definition) is 4. The lowest BCUT2D eigenvalue weighted by molar-refractivity contribution is 0.102. The summed E-state index contributed by atoms with van der Waals surface area (Å²) in [4.78, 5) is 12.0. The number of phenols is 1. The van der Waals surface area contributed by atoms with Gasteiger partial charge in [0.15, 0.2) is 0 Å². The maximum atomic E-state index is 12.1. The number of rotatable bonds is 3. The number of phenolic OH excluding ortho intramolecular Hbond substituents is 1. The van der Waals surface area contributed by atoms with Crippen LogP contribution in [0.5, 0.6) is 5.75 Å². The molecular weight excluding hydrogens is 292 g/mol. The molecule has 4 N–H and O–H groups in total. The molecule has 2 rings (SSSR count). The number of anilines is 1. The monoisotopic (exact) mass is 306 g/mol. The first-order chi connectivity index (χ1) is 9.77. The molecule has 0 unspecified atom stereocenters. The summed E-state index contributed by atoms with van der Waals surface area (Å²) in [6.45, 7) is 1.74. The number of aromatic hydroxyl groups is 1. The average Bonchev–Trinajstić information content (AvgIpc) is 2.40. The van der Waals surface area contributed by atoms with Crippen molar-refractivity contribution in [2.45, 2.75) is 11.8 Å². The van der Waals surface area contributed by atoms with Crippen molar-refractivity contribution in [1.29, 1.82) is 0 Å². The number of carbonyl (C=O) groups excluding carboxylic acids is 1. The smallest absolute Gasteiger partial charge is 0.255 e. The third kappa shape index (κ3) is 3.59. The van der Waals surface area contributed by atoms with Gasteiger partial charge in [-0.3, -0.25) is 4.79 Å². The van der Waals surface area contributed by atoms with Crippen LogP contribution in [0.3, 0.4) is 0 Å². The first-order valence-corrected chi connectivity index (χ1v) is 7.56. The Kier molecular flexibility index (Phi) is 3.97. The molecule has 0 atom stereocenters. The molecule has 110 valence electrons. The zero-order valence-corrected chi connectivity index (χ0v) is 12.0. The van der Waals surface area contributed by atoms with Crippen LogP contribution in [-0.2, 0) is 10.0 Å². The van der Waals surface area contributed by atoms with Crippen molar-refractivity contribution in [2.24, 2.45) is 5.14 Å². The van der Waals surface area contributed by atoms with E-state index in [1.54, 1.807) is 13.0 Å². The maximum Gasteiger partial charge on any atom is 0.255 e. The highest BCUT2D eigenvalue weighted by Gasteiger charge is 2.12. The molecule has 21 heavy (non-hydrogen) atoms. The van der Waals surface area contributed by atoms with E-state index in [2.05, 4.69) is 5.32 Å².